The fourth-order valence-corrected chi connectivity index (χ4v) is 6.48. The average molecular weight is 559 g/mol. The van der Waals surface area contributed by atoms with Gasteiger partial charge in [0.25, 0.3) is 0 Å². The monoisotopic (exact) mass is 558 g/mol. The molecule has 0 spiro atoms. The first kappa shape index (κ1) is 35.1. The molecule has 0 bridgehead atoms. The molecule has 2 aliphatic carbocycles. The second-order valence-electron chi connectivity index (χ2n) is 14.4. The topological polar surface area (TPSA) is 20.2 Å². The highest BCUT2D eigenvalue weighted by molar-refractivity contribution is 5.37. The molecule has 0 amide bonds. The molecule has 1 heteroatoms. The van der Waals surface area contributed by atoms with Crippen LogP contribution >= 0.6 is 0 Å². The quantitative estimate of drug-likeness (QED) is 0.176. The van der Waals surface area contributed by atoms with Gasteiger partial charge >= 0.3 is 0 Å². The number of aliphatic hydroxyl groups excluding tert-OH is 1. The van der Waals surface area contributed by atoms with Crippen molar-refractivity contribution in [2.45, 2.75) is 140 Å². The van der Waals surface area contributed by atoms with E-state index in [-0.39, 0.29) is 17.4 Å². The molecule has 0 heterocycles. The van der Waals surface area contributed by atoms with Gasteiger partial charge in [-0.2, -0.15) is 0 Å². The molecule has 1 nitrogen and oxygen atoms in total. The fourth-order valence-electron chi connectivity index (χ4n) is 6.48. The summed E-state index contributed by atoms with van der Waals surface area (Å²) >= 11 is 0. The lowest BCUT2D eigenvalue weighted by Crippen LogP contribution is -2.19. The summed E-state index contributed by atoms with van der Waals surface area (Å²) < 4.78 is 0. The van der Waals surface area contributed by atoms with Crippen molar-refractivity contribution in [3.8, 4) is 0 Å². The van der Waals surface area contributed by atoms with Gasteiger partial charge < -0.3 is 5.11 Å². The zero-order chi connectivity index (χ0) is 30.6. The van der Waals surface area contributed by atoms with Crippen LogP contribution in [-0.2, 0) is 0 Å². The third-order valence-corrected chi connectivity index (χ3v) is 9.45. The van der Waals surface area contributed by atoms with E-state index in [2.05, 4.69) is 124 Å². The number of aliphatic hydroxyl groups is 1. The molecule has 2 atom stereocenters. The molecule has 0 radical (unpaired) electrons. The van der Waals surface area contributed by atoms with E-state index < -0.39 is 0 Å². The molecule has 0 fully saturated rings. The molecular formula is C40H62O. The second-order valence-corrected chi connectivity index (χ2v) is 14.4. The molecule has 0 aromatic rings. The Morgan fingerprint density at radius 1 is 0.805 bits per heavy atom. The molecule has 0 aliphatic heterocycles. The second kappa shape index (κ2) is 16.5. The average Bonchev–Trinajstić information content (AvgIpc) is 2.87. The predicted octanol–water partition coefficient (Wildman–Crippen LogP) is 12.1. The van der Waals surface area contributed by atoms with Crippen molar-refractivity contribution < 1.29 is 5.11 Å². The summed E-state index contributed by atoms with van der Waals surface area (Å²) in [4.78, 5) is 0. The van der Waals surface area contributed by atoms with Crippen LogP contribution in [-0.4, -0.2) is 11.2 Å². The predicted molar refractivity (Wildman–Crippen MR) is 183 cm³/mol. The van der Waals surface area contributed by atoms with Crippen LogP contribution in [0.3, 0.4) is 0 Å². The van der Waals surface area contributed by atoms with Crippen LogP contribution in [0.4, 0.5) is 0 Å². The molecule has 2 rings (SSSR count). The molecule has 0 aromatic heterocycles. The van der Waals surface area contributed by atoms with E-state index in [1.165, 1.54) is 72.0 Å². The maximum absolute atomic E-state index is 10.7. The van der Waals surface area contributed by atoms with Crippen molar-refractivity contribution in [1.82, 2.24) is 0 Å². The van der Waals surface area contributed by atoms with Crippen LogP contribution < -0.4 is 0 Å². The van der Waals surface area contributed by atoms with E-state index in [9.17, 15) is 5.11 Å². The maximum atomic E-state index is 10.7. The summed E-state index contributed by atoms with van der Waals surface area (Å²) in [7, 11) is 0. The lowest BCUT2D eigenvalue weighted by atomic mass is 9.72. The van der Waals surface area contributed by atoms with E-state index in [1.54, 1.807) is 5.57 Å². The fraction of sp³-hybridized carbons (Fsp3) is 0.600. The van der Waals surface area contributed by atoms with Gasteiger partial charge in [0.1, 0.15) is 0 Å². The van der Waals surface area contributed by atoms with Crippen LogP contribution in [0, 0.1) is 16.7 Å². The molecule has 0 saturated carbocycles. The van der Waals surface area contributed by atoms with Crippen molar-refractivity contribution in [2.24, 2.45) is 16.7 Å². The minimum absolute atomic E-state index is 0.143. The summed E-state index contributed by atoms with van der Waals surface area (Å²) in [6, 6.07) is 0. The molecule has 2 aliphatic rings. The zero-order valence-corrected chi connectivity index (χ0v) is 28.4. The molecular weight excluding hydrogens is 496 g/mol. The van der Waals surface area contributed by atoms with Crippen molar-refractivity contribution >= 4 is 0 Å². The van der Waals surface area contributed by atoms with E-state index in [0.29, 0.717) is 5.41 Å². The minimum atomic E-state index is -0.315. The largest absolute Gasteiger partial charge is 0.393 e. The van der Waals surface area contributed by atoms with Gasteiger partial charge in [-0.1, -0.05) is 117 Å². The maximum Gasteiger partial charge on any atom is 0.0603 e. The van der Waals surface area contributed by atoms with E-state index in [4.69, 9.17) is 0 Å². The molecule has 41 heavy (non-hydrogen) atoms. The zero-order valence-electron chi connectivity index (χ0n) is 28.4. The first-order chi connectivity index (χ1) is 19.2. The SMILES string of the molecule is CC1=C(/C=C/C(C)=C/C=C/C(C)[C@H](O)CC/C=C(\C)CC/C=C(C)/C=C/C2=C(C)CCCC2(C)C)C(C)(C)CCC1. The molecule has 0 saturated heterocycles. The van der Waals surface area contributed by atoms with Gasteiger partial charge in [-0.05, 0) is 121 Å². The van der Waals surface area contributed by atoms with Gasteiger partial charge in [0.15, 0.2) is 0 Å². The standard InChI is InChI=1S/C40H62O/c1-30(16-11-17-31(2)24-26-36-33(4)21-14-28-39(36,7)8)19-13-23-38(41)35(6)20-12-18-32(3)25-27-37-34(5)22-15-29-40(37,9)10/h12,17-20,24-27,35,38,41H,11,13-16,21-23,28-29H2,1-10H3/b20-12+,26-24+,27-25+,30-19+,31-17+,32-18+/t35?,38-/m1/s1. The lowest BCUT2D eigenvalue weighted by Gasteiger charge is -2.33. The van der Waals surface area contributed by atoms with Crippen LogP contribution in [0.5, 0.6) is 0 Å². The van der Waals surface area contributed by atoms with Crippen LogP contribution in [0.15, 0.2) is 93.7 Å². The molecule has 0 aromatic carbocycles. The molecule has 1 N–H and O–H groups in total. The lowest BCUT2D eigenvalue weighted by molar-refractivity contribution is 0.129. The summed E-state index contributed by atoms with van der Waals surface area (Å²) in [5.41, 5.74) is 10.7. The van der Waals surface area contributed by atoms with Gasteiger partial charge in [0, 0.05) is 5.92 Å². The third kappa shape index (κ3) is 12.0. The Morgan fingerprint density at radius 2 is 1.34 bits per heavy atom. The van der Waals surface area contributed by atoms with Crippen LogP contribution in [0.25, 0.3) is 0 Å². The Hall–Kier alpha value is -2.12. The van der Waals surface area contributed by atoms with E-state index in [0.717, 1.165) is 25.7 Å². The first-order valence-electron chi connectivity index (χ1n) is 16.3. The summed E-state index contributed by atoms with van der Waals surface area (Å²) in [6.07, 6.45) is 31.5. The van der Waals surface area contributed by atoms with Gasteiger partial charge in [-0.25, -0.2) is 0 Å². The Morgan fingerprint density at radius 3 is 1.88 bits per heavy atom. The van der Waals surface area contributed by atoms with Crippen molar-refractivity contribution in [1.29, 1.82) is 0 Å². The normalized spacial score (nSPS) is 22.5. The number of hydrogen-bond acceptors (Lipinski definition) is 1. The van der Waals surface area contributed by atoms with Crippen molar-refractivity contribution in [3.05, 3.63) is 93.7 Å². The Kier molecular flexibility index (Phi) is 14.1. The number of allylic oxidation sites excluding steroid dienone is 15. The molecule has 228 valence electrons. The Labute approximate surface area is 254 Å². The van der Waals surface area contributed by atoms with Crippen molar-refractivity contribution in [3.63, 3.8) is 0 Å². The van der Waals surface area contributed by atoms with Crippen molar-refractivity contribution in [2.75, 3.05) is 0 Å². The summed E-state index contributed by atoms with van der Waals surface area (Å²) in [5.74, 6) is 0.143. The highest BCUT2D eigenvalue weighted by Gasteiger charge is 2.27. The van der Waals surface area contributed by atoms with Gasteiger partial charge in [0.05, 0.1) is 6.10 Å². The highest BCUT2D eigenvalue weighted by atomic mass is 16.3. The Balaban J connectivity index is 1.77. The van der Waals surface area contributed by atoms with Gasteiger partial charge in [0.2, 0.25) is 0 Å². The highest BCUT2D eigenvalue weighted by Crippen LogP contribution is 2.41. The first-order valence-corrected chi connectivity index (χ1v) is 16.3. The van der Waals surface area contributed by atoms with Gasteiger partial charge in [-0.3, -0.25) is 0 Å². The number of rotatable bonds is 13. The van der Waals surface area contributed by atoms with E-state index in [1.807, 2.05) is 0 Å². The minimum Gasteiger partial charge on any atom is -0.393 e. The molecule has 1 unspecified atom stereocenters. The van der Waals surface area contributed by atoms with Crippen LogP contribution in [0.1, 0.15) is 133 Å². The summed E-state index contributed by atoms with van der Waals surface area (Å²) in [5, 5.41) is 10.7. The number of hydrogen-bond donors (Lipinski definition) is 1. The van der Waals surface area contributed by atoms with E-state index >= 15 is 0 Å². The van der Waals surface area contributed by atoms with Gasteiger partial charge in [-0.15, -0.1) is 0 Å². The van der Waals surface area contributed by atoms with Crippen LogP contribution in [0.2, 0.25) is 0 Å². The smallest absolute Gasteiger partial charge is 0.0603 e. The Bertz CT molecular complexity index is 1110. The summed E-state index contributed by atoms with van der Waals surface area (Å²) in [6.45, 7) is 22.8. The third-order valence-electron chi connectivity index (χ3n) is 9.45.